The molecule has 1 unspecified atom stereocenters. The minimum absolute atomic E-state index is 0.177. The van der Waals surface area contributed by atoms with Crippen LogP contribution in [0.15, 0.2) is 76.2 Å². The summed E-state index contributed by atoms with van der Waals surface area (Å²) in [5.41, 5.74) is 3.31. The molecule has 2 aromatic carbocycles. The Balaban J connectivity index is 1.62. The van der Waals surface area contributed by atoms with Crippen LogP contribution in [0.4, 0.5) is 5.69 Å². The van der Waals surface area contributed by atoms with Crippen LogP contribution in [0.25, 0.3) is 11.1 Å². The van der Waals surface area contributed by atoms with E-state index in [1.165, 1.54) is 0 Å². The molecule has 0 bridgehead atoms. The normalized spacial score (nSPS) is 12.0. The SMILES string of the molecule is O=C(Nc1ccc2[nH]c(=O)oc2c1)C(Cc1cccnc1)c1ccc(Cl)cc1. The van der Waals surface area contributed by atoms with Crippen molar-refractivity contribution in [1.29, 1.82) is 0 Å². The summed E-state index contributed by atoms with van der Waals surface area (Å²) in [5.74, 6) is -1.15. The van der Waals surface area contributed by atoms with Crippen LogP contribution in [0, 0.1) is 0 Å². The van der Waals surface area contributed by atoms with Crippen molar-refractivity contribution in [1.82, 2.24) is 9.97 Å². The van der Waals surface area contributed by atoms with Gasteiger partial charge in [-0.05, 0) is 47.9 Å². The minimum atomic E-state index is -0.533. The number of amides is 1. The van der Waals surface area contributed by atoms with E-state index in [1.807, 2.05) is 24.3 Å². The third-order valence-electron chi connectivity index (χ3n) is 4.44. The molecule has 2 heterocycles. The molecular formula is C21H16ClN3O3. The van der Waals surface area contributed by atoms with Crippen molar-refractivity contribution in [3.8, 4) is 0 Å². The van der Waals surface area contributed by atoms with E-state index >= 15 is 0 Å². The number of hydrogen-bond donors (Lipinski definition) is 2. The summed E-state index contributed by atoms with van der Waals surface area (Å²) in [6.45, 7) is 0. The molecule has 0 aliphatic rings. The summed E-state index contributed by atoms with van der Waals surface area (Å²) in [4.78, 5) is 31.1. The fourth-order valence-corrected chi connectivity index (χ4v) is 3.19. The zero-order valence-electron chi connectivity index (χ0n) is 14.7. The number of anilines is 1. The number of halogens is 1. The van der Waals surface area contributed by atoms with E-state index in [0.717, 1.165) is 11.1 Å². The number of nitrogens with zero attached hydrogens (tertiary/aromatic N) is 1. The lowest BCUT2D eigenvalue weighted by Crippen LogP contribution is -2.23. The average molecular weight is 394 g/mol. The van der Waals surface area contributed by atoms with Gasteiger partial charge in [-0.3, -0.25) is 14.8 Å². The van der Waals surface area contributed by atoms with Crippen LogP contribution < -0.4 is 11.1 Å². The number of aromatic amines is 1. The van der Waals surface area contributed by atoms with E-state index in [-0.39, 0.29) is 5.91 Å². The Morgan fingerprint density at radius 2 is 2.00 bits per heavy atom. The van der Waals surface area contributed by atoms with Crippen molar-refractivity contribution >= 4 is 34.3 Å². The number of oxazole rings is 1. The molecule has 1 amide bonds. The lowest BCUT2D eigenvalue weighted by molar-refractivity contribution is -0.117. The second kappa shape index (κ2) is 7.70. The van der Waals surface area contributed by atoms with E-state index in [1.54, 1.807) is 42.7 Å². The van der Waals surface area contributed by atoms with Crippen molar-refractivity contribution in [3.05, 3.63) is 93.7 Å². The van der Waals surface area contributed by atoms with Gasteiger partial charge in [-0.15, -0.1) is 0 Å². The van der Waals surface area contributed by atoms with Crippen LogP contribution in [0.5, 0.6) is 0 Å². The van der Waals surface area contributed by atoms with Gasteiger partial charge in [0, 0.05) is 29.2 Å². The fraction of sp³-hybridized carbons (Fsp3) is 0.0952. The molecule has 0 saturated heterocycles. The molecule has 2 aromatic heterocycles. The Kier molecular flexibility index (Phi) is 4.95. The van der Waals surface area contributed by atoms with Crippen LogP contribution in [-0.2, 0) is 11.2 Å². The molecule has 4 aromatic rings. The molecule has 0 saturated carbocycles. The van der Waals surface area contributed by atoms with Crippen LogP contribution in [0.3, 0.4) is 0 Å². The molecule has 6 nitrogen and oxygen atoms in total. The zero-order chi connectivity index (χ0) is 19.5. The Morgan fingerprint density at radius 3 is 2.75 bits per heavy atom. The first-order valence-corrected chi connectivity index (χ1v) is 9.04. The number of benzene rings is 2. The lowest BCUT2D eigenvalue weighted by atomic mass is 9.91. The number of H-pyrrole nitrogens is 1. The number of carbonyl (C=O) groups is 1. The van der Waals surface area contributed by atoms with E-state index in [4.69, 9.17) is 16.0 Å². The zero-order valence-corrected chi connectivity index (χ0v) is 15.4. The number of fused-ring (bicyclic) bond motifs is 1. The minimum Gasteiger partial charge on any atom is -0.408 e. The molecule has 0 aliphatic carbocycles. The smallest absolute Gasteiger partial charge is 0.408 e. The van der Waals surface area contributed by atoms with Gasteiger partial charge < -0.3 is 9.73 Å². The van der Waals surface area contributed by atoms with Crippen molar-refractivity contribution in [2.45, 2.75) is 12.3 Å². The Morgan fingerprint density at radius 1 is 1.18 bits per heavy atom. The van der Waals surface area contributed by atoms with Gasteiger partial charge in [0.2, 0.25) is 5.91 Å². The maximum absolute atomic E-state index is 13.1. The molecule has 1 atom stereocenters. The van der Waals surface area contributed by atoms with Crippen molar-refractivity contribution in [2.24, 2.45) is 0 Å². The summed E-state index contributed by atoms with van der Waals surface area (Å²) in [6, 6.07) is 16.0. The molecule has 28 heavy (non-hydrogen) atoms. The van der Waals surface area contributed by atoms with Crippen LogP contribution >= 0.6 is 11.6 Å². The van der Waals surface area contributed by atoms with E-state index in [0.29, 0.717) is 28.2 Å². The number of rotatable bonds is 5. The van der Waals surface area contributed by atoms with Gasteiger partial charge in [-0.1, -0.05) is 29.8 Å². The maximum atomic E-state index is 13.1. The van der Waals surface area contributed by atoms with Gasteiger partial charge in [0.05, 0.1) is 11.4 Å². The summed E-state index contributed by atoms with van der Waals surface area (Å²) < 4.78 is 5.06. The quantitative estimate of drug-likeness (QED) is 0.533. The lowest BCUT2D eigenvalue weighted by Gasteiger charge is -2.17. The molecule has 0 aliphatic heterocycles. The predicted octanol–water partition coefficient (Wildman–Crippen LogP) is 4.13. The second-order valence-corrected chi connectivity index (χ2v) is 6.82. The number of pyridine rings is 1. The Bertz CT molecular complexity index is 1170. The highest BCUT2D eigenvalue weighted by Gasteiger charge is 2.22. The average Bonchev–Trinajstić information content (AvgIpc) is 3.07. The Labute approximate surface area is 165 Å². The standard InChI is InChI=1S/C21H16ClN3O3/c22-15-5-3-14(4-6-15)17(10-13-2-1-9-23-12-13)20(26)24-16-7-8-18-19(11-16)28-21(27)25-18/h1-9,11-12,17H,10H2,(H,24,26)(H,25,27). The molecule has 0 fully saturated rings. The van der Waals surface area contributed by atoms with Gasteiger partial charge >= 0.3 is 5.76 Å². The van der Waals surface area contributed by atoms with Gasteiger partial charge in [0.25, 0.3) is 0 Å². The molecular weight excluding hydrogens is 378 g/mol. The molecule has 4 rings (SSSR count). The van der Waals surface area contributed by atoms with Gasteiger partial charge in [-0.2, -0.15) is 0 Å². The summed E-state index contributed by atoms with van der Waals surface area (Å²) in [5, 5.41) is 3.52. The third-order valence-corrected chi connectivity index (χ3v) is 4.69. The van der Waals surface area contributed by atoms with Crippen molar-refractivity contribution in [3.63, 3.8) is 0 Å². The van der Waals surface area contributed by atoms with Crippen LogP contribution in [0.2, 0.25) is 5.02 Å². The predicted molar refractivity (Wildman–Crippen MR) is 108 cm³/mol. The summed E-state index contributed by atoms with van der Waals surface area (Å²) in [7, 11) is 0. The largest absolute Gasteiger partial charge is 0.417 e. The van der Waals surface area contributed by atoms with Crippen LogP contribution in [0.1, 0.15) is 17.0 Å². The van der Waals surface area contributed by atoms with E-state index in [9.17, 15) is 9.59 Å². The number of hydrogen-bond acceptors (Lipinski definition) is 4. The number of nitrogens with one attached hydrogen (secondary N) is 2. The number of aromatic nitrogens is 2. The summed E-state index contributed by atoms with van der Waals surface area (Å²) >= 11 is 5.99. The summed E-state index contributed by atoms with van der Waals surface area (Å²) in [6.07, 6.45) is 3.93. The third kappa shape index (κ3) is 3.97. The highest BCUT2D eigenvalue weighted by atomic mass is 35.5. The highest BCUT2D eigenvalue weighted by Crippen LogP contribution is 2.25. The first kappa shape index (κ1) is 18.0. The van der Waals surface area contributed by atoms with E-state index in [2.05, 4.69) is 15.3 Å². The Hall–Kier alpha value is -3.38. The van der Waals surface area contributed by atoms with Crippen LogP contribution in [-0.4, -0.2) is 15.9 Å². The topological polar surface area (TPSA) is 88.0 Å². The molecule has 7 heteroatoms. The van der Waals surface area contributed by atoms with Crippen molar-refractivity contribution < 1.29 is 9.21 Å². The number of carbonyl (C=O) groups excluding carboxylic acids is 1. The fourth-order valence-electron chi connectivity index (χ4n) is 3.06. The molecule has 0 radical (unpaired) electrons. The van der Waals surface area contributed by atoms with E-state index < -0.39 is 11.7 Å². The highest BCUT2D eigenvalue weighted by molar-refractivity contribution is 6.30. The van der Waals surface area contributed by atoms with Crippen molar-refractivity contribution in [2.75, 3.05) is 5.32 Å². The van der Waals surface area contributed by atoms with Gasteiger partial charge in [0.15, 0.2) is 5.58 Å². The van der Waals surface area contributed by atoms with Gasteiger partial charge in [0.1, 0.15) is 0 Å². The molecule has 2 N–H and O–H groups in total. The second-order valence-electron chi connectivity index (χ2n) is 6.38. The van der Waals surface area contributed by atoms with Gasteiger partial charge in [-0.25, -0.2) is 4.79 Å². The first-order valence-electron chi connectivity index (χ1n) is 8.66. The first-order chi connectivity index (χ1) is 13.6. The maximum Gasteiger partial charge on any atom is 0.417 e. The molecule has 140 valence electrons. The monoisotopic (exact) mass is 393 g/mol. The molecule has 0 spiro atoms.